The maximum Gasteiger partial charge on any atom is 0.124 e. The monoisotopic (exact) mass is 306 g/mol. The summed E-state index contributed by atoms with van der Waals surface area (Å²) in [7, 11) is 1.57. The number of rotatable bonds is 6. The Morgan fingerprint density at radius 1 is 1.14 bits per heavy atom. The van der Waals surface area contributed by atoms with Crippen LogP contribution in [-0.2, 0) is 4.74 Å². The molecule has 0 aromatic heterocycles. The van der Waals surface area contributed by atoms with Gasteiger partial charge < -0.3 is 14.6 Å². The van der Waals surface area contributed by atoms with E-state index in [-0.39, 0.29) is 0 Å². The number of benzene rings is 2. The van der Waals surface area contributed by atoms with E-state index < -0.39 is 12.2 Å². The highest BCUT2D eigenvalue weighted by Crippen LogP contribution is 2.37. The average molecular weight is 307 g/mol. The van der Waals surface area contributed by atoms with Crippen LogP contribution in [0, 0.1) is 0 Å². The summed E-state index contributed by atoms with van der Waals surface area (Å²) in [6, 6.07) is 14.8. The zero-order valence-electron chi connectivity index (χ0n) is 12.1. The largest absolute Gasteiger partial charge is 0.496 e. The molecule has 112 valence electrons. The van der Waals surface area contributed by atoms with Crippen LogP contribution < -0.4 is 4.74 Å². The standard InChI is InChI=1S/C17H19ClO3/c1-3-21-17(12-7-5-4-6-8-12)16(19)14-11-13(18)9-10-15(14)20-2/h4-11,16-17,19H,3H2,1-2H3. The molecular weight excluding hydrogens is 288 g/mol. The summed E-state index contributed by atoms with van der Waals surface area (Å²) in [4.78, 5) is 0. The Morgan fingerprint density at radius 3 is 2.48 bits per heavy atom. The summed E-state index contributed by atoms with van der Waals surface area (Å²) < 4.78 is 11.0. The van der Waals surface area contributed by atoms with Gasteiger partial charge in [0, 0.05) is 17.2 Å². The summed E-state index contributed by atoms with van der Waals surface area (Å²) in [6.07, 6.45) is -1.33. The van der Waals surface area contributed by atoms with Crippen molar-refractivity contribution in [3.8, 4) is 5.75 Å². The first-order chi connectivity index (χ1) is 10.2. The van der Waals surface area contributed by atoms with E-state index in [0.717, 1.165) is 5.56 Å². The number of hydrogen-bond donors (Lipinski definition) is 1. The summed E-state index contributed by atoms with van der Waals surface area (Å²) in [5.74, 6) is 0.590. The average Bonchev–Trinajstić information content (AvgIpc) is 2.52. The van der Waals surface area contributed by atoms with Crippen molar-refractivity contribution in [3.05, 3.63) is 64.7 Å². The van der Waals surface area contributed by atoms with Crippen LogP contribution in [0.15, 0.2) is 48.5 Å². The van der Waals surface area contributed by atoms with Crippen LogP contribution >= 0.6 is 11.6 Å². The molecule has 4 heteroatoms. The Labute approximate surface area is 130 Å². The fraction of sp³-hybridized carbons (Fsp3) is 0.294. The normalized spacial score (nSPS) is 13.7. The quantitative estimate of drug-likeness (QED) is 0.871. The summed E-state index contributed by atoms with van der Waals surface area (Å²) in [5, 5.41) is 11.3. The Morgan fingerprint density at radius 2 is 1.86 bits per heavy atom. The minimum absolute atomic E-state index is 0.469. The Hall–Kier alpha value is -1.55. The predicted molar refractivity (Wildman–Crippen MR) is 83.8 cm³/mol. The highest BCUT2D eigenvalue weighted by Gasteiger charge is 2.26. The topological polar surface area (TPSA) is 38.7 Å². The third-order valence-corrected chi connectivity index (χ3v) is 3.51. The van der Waals surface area contributed by atoms with Crippen molar-refractivity contribution in [1.29, 1.82) is 0 Å². The van der Waals surface area contributed by atoms with Crippen LogP contribution in [0.2, 0.25) is 5.02 Å². The number of halogens is 1. The molecule has 2 aromatic carbocycles. The van der Waals surface area contributed by atoms with Crippen molar-refractivity contribution >= 4 is 11.6 Å². The second kappa shape index (κ2) is 7.46. The fourth-order valence-electron chi connectivity index (χ4n) is 2.29. The van der Waals surface area contributed by atoms with E-state index in [1.807, 2.05) is 37.3 Å². The molecule has 0 aliphatic carbocycles. The van der Waals surface area contributed by atoms with E-state index in [1.165, 1.54) is 0 Å². The molecule has 0 bridgehead atoms. The molecule has 0 aliphatic rings. The SMILES string of the molecule is CCOC(c1ccccc1)C(O)c1cc(Cl)ccc1OC. The molecule has 2 aromatic rings. The van der Waals surface area contributed by atoms with Gasteiger partial charge in [-0.1, -0.05) is 41.9 Å². The first kappa shape index (κ1) is 15.8. The zero-order valence-corrected chi connectivity index (χ0v) is 12.9. The van der Waals surface area contributed by atoms with Gasteiger partial charge in [-0.05, 0) is 30.7 Å². The van der Waals surface area contributed by atoms with Crippen LogP contribution in [0.3, 0.4) is 0 Å². The molecule has 1 N–H and O–H groups in total. The van der Waals surface area contributed by atoms with Crippen LogP contribution in [-0.4, -0.2) is 18.8 Å². The molecule has 0 saturated heterocycles. The number of hydrogen-bond acceptors (Lipinski definition) is 3. The van der Waals surface area contributed by atoms with Crippen molar-refractivity contribution in [2.24, 2.45) is 0 Å². The van der Waals surface area contributed by atoms with Crippen LogP contribution in [0.25, 0.3) is 0 Å². The molecular formula is C17H19ClO3. The van der Waals surface area contributed by atoms with Gasteiger partial charge >= 0.3 is 0 Å². The number of aliphatic hydroxyl groups is 1. The Bertz CT molecular complexity index is 572. The molecule has 0 heterocycles. The number of ether oxygens (including phenoxy) is 2. The second-order valence-electron chi connectivity index (χ2n) is 4.62. The number of aliphatic hydroxyl groups excluding tert-OH is 1. The molecule has 0 saturated carbocycles. The van der Waals surface area contributed by atoms with Crippen molar-refractivity contribution in [2.75, 3.05) is 13.7 Å². The van der Waals surface area contributed by atoms with E-state index in [9.17, 15) is 5.11 Å². The Kier molecular flexibility index (Phi) is 5.62. The van der Waals surface area contributed by atoms with Gasteiger partial charge in [0.2, 0.25) is 0 Å². The van der Waals surface area contributed by atoms with Gasteiger partial charge in [0.1, 0.15) is 18.0 Å². The van der Waals surface area contributed by atoms with E-state index >= 15 is 0 Å². The third kappa shape index (κ3) is 3.76. The van der Waals surface area contributed by atoms with Crippen LogP contribution in [0.1, 0.15) is 30.3 Å². The smallest absolute Gasteiger partial charge is 0.124 e. The maximum atomic E-state index is 10.7. The van der Waals surface area contributed by atoms with Gasteiger partial charge in [-0.2, -0.15) is 0 Å². The molecule has 0 spiro atoms. The van der Waals surface area contributed by atoms with Gasteiger partial charge in [-0.15, -0.1) is 0 Å². The summed E-state index contributed by atoms with van der Waals surface area (Å²) in [6.45, 7) is 2.40. The first-order valence-electron chi connectivity index (χ1n) is 6.85. The summed E-state index contributed by atoms with van der Waals surface area (Å²) >= 11 is 6.04. The molecule has 3 nitrogen and oxygen atoms in total. The lowest BCUT2D eigenvalue weighted by Crippen LogP contribution is -2.15. The van der Waals surface area contributed by atoms with Crippen LogP contribution in [0.5, 0.6) is 5.75 Å². The van der Waals surface area contributed by atoms with Crippen molar-refractivity contribution < 1.29 is 14.6 Å². The highest BCUT2D eigenvalue weighted by atomic mass is 35.5. The summed E-state index contributed by atoms with van der Waals surface area (Å²) in [5.41, 5.74) is 1.53. The van der Waals surface area contributed by atoms with Gasteiger partial charge in [0.25, 0.3) is 0 Å². The Balaban J connectivity index is 2.39. The van der Waals surface area contributed by atoms with E-state index in [1.54, 1.807) is 25.3 Å². The van der Waals surface area contributed by atoms with Crippen molar-refractivity contribution in [1.82, 2.24) is 0 Å². The van der Waals surface area contributed by atoms with Gasteiger partial charge in [0.05, 0.1) is 7.11 Å². The molecule has 0 aliphatic heterocycles. The highest BCUT2D eigenvalue weighted by molar-refractivity contribution is 6.30. The lowest BCUT2D eigenvalue weighted by molar-refractivity contribution is -0.0369. The maximum absolute atomic E-state index is 10.7. The zero-order chi connectivity index (χ0) is 15.2. The molecule has 0 amide bonds. The van der Waals surface area contributed by atoms with E-state index in [2.05, 4.69) is 0 Å². The third-order valence-electron chi connectivity index (χ3n) is 3.27. The predicted octanol–water partition coefficient (Wildman–Crippen LogP) is 4.16. The minimum Gasteiger partial charge on any atom is -0.496 e. The molecule has 2 atom stereocenters. The molecule has 2 unspecified atom stereocenters. The van der Waals surface area contributed by atoms with Gasteiger partial charge in [-0.3, -0.25) is 0 Å². The molecule has 2 rings (SSSR count). The first-order valence-corrected chi connectivity index (χ1v) is 7.23. The number of methoxy groups -OCH3 is 1. The van der Waals surface area contributed by atoms with Gasteiger partial charge in [-0.25, -0.2) is 0 Å². The lowest BCUT2D eigenvalue weighted by atomic mass is 9.97. The second-order valence-corrected chi connectivity index (χ2v) is 5.05. The van der Waals surface area contributed by atoms with E-state index in [4.69, 9.17) is 21.1 Å². The molecule has 21 heavy (non-hydrogen) atoms. The van der Waals surface area contributed by atoms with Crippen molar-refractivity contribution in [3.63, 3.8) is 0 Å². The van der Waals surface area contributed by atoms with Crippen LogP contribution in [0.4, 0.5) is 0 Å². The minimum atomic E-state index is -0.860. The van der Waals surface area contributed by atoms with E-state index in [0.29, 0.717) is 22.9 Å². The molecule has 0 fully saturated rings. The fourth-order valence-corrected chi connectivity index (χ4v) is 2.47. The van der Waals surface area contributed by atoms with Gasteiger partial charge in [0.15, 0.2) is 0 Å². The van der Waals surface area contributed by atoms with Crippen molar-refractivity contribution in [2.45, 2.75) is 19.1 Å². The molecule has 0 radical (unpaired) electrons. The lowest BCUT2D eigenvalue weighted by Gasteiger charge is -2.25.